The van der Waals surface area contributed by atoms with E-state index in [1.165, 1.54) is 0 Å². The average Bonchev–Trinajstić information content (AvgIpc) is 2.05. The number of rotatable bonds is 2. The Morgan fingerprint density at radius 1 is 1.12 bits per heavy atom. The second-order valence-electron chi connectivity index (χ2n) is 2.92. The molecule has 1 aromatic carbocycles. The molecule has 1 aromatic rings. The Labute approximate surface area is 94.7 Å². The molecule has 1 N–H and O–H groups in total. The SMILES string of the molecule is Cc1ccc(CS(=O)(=O)O)cc1.O=S(=O)=O. The fourth-order valence-electron chi connectivity index (χ4n) is 0.895. The minimum absolute atomic E-state index is 0.312. The van der Waals surface area contributed by atoms with E-state index in [-0.39, 0.29) is 5.75 Å². The highest BCUT2D eigenvalue weighted by Gasteiger charge is 2.04. The van der Waals surface area contributed by atoms with Crippen molar-refractivity contribution in [3.63, 3.8) is 0 Å². The topological polar surface area (TPSA) is 106 Å². The minimum atomic E-state index is -3.89. The van der Waals surface area contributed by atoms with Crippen LogP contribution in [0.3, 0.4) is 0 Å². The van der Waals surface area contributed by atoms with E-state index >= 15 is 0 Å². The zero-order valence-corrected chi connectivity index (χ0v) is 9.95. The van der Waals surface area contributed by atoms with Crippen LogP contribution in [-0.4, -0.2) is 25.6 Å². The minimum Gasteiger partial charge on any atom is -0.285 e. The Hall–Kier alpha value is -1.25. The van der Waals surface area contributed by atoms with Gasteiger partial charge in [-0.1, -0.05) is 29.8 Å². The standard InChI is InChI=1S/C8H10O3S.O3S/c1-7-2-4-8(5-3-7)6-12(9,10)11;1-4(2)3/h2-5H,6H2,1H3,(H,9,10,11);. The Morgan fingerprint density at radius 2 is 1.50 bits per heavy atom. The Balaban J connectivity index is 0.000000487. The van der Waals surface area contributed by atoms with Crippen LogP contribution in [0.25, 0.3) is 0 Å². The molecule has 16 heavy (non-hydrogen) atoms. The molecular weight excluding hydrogens is 256 g/mol. The van der Waals surface area contributed by atoms with E-state index in [1.807, 2.05) is 6.92 Å². The molecule has 0 radical (unpaired) electrons. The first-order valence-electron chi connectivity index (χ1n) is 3.98. The molecule has 0 fully saturated rings. The van der Waals surface area contributed by atoms with Crippen molar-refractivity contribution in [2.24, 2.45) is 0 Å². The van der Waals surface area contributed by atoms with Gasteiger partial charge in [0.25, 0.3) is 10.1 Å². The Morgan fingerprint density at radius 3 is 1.81 bits per heavy atom. The highest BCUT2D eigenvalue weighted by Crippen LogP contribution is 2.06. The van der Waals surface area contributed by atoms with Crippen molar-refractivity contribution in [3.05, 3.63) is 35.4 Å². The van der Waals surface area contributed by atoms with Crippen LogP contribution in [-0.2, 0) is 26.5 Å². The molecule has 0 aliphatic heterocycles. The predicted molar refractivity (Wildman–Crippen MR) is 56.1 cm³/mol. The van der Waals surface area contributed by atoms with Crippen molar-refractivity contribution in [1.29, 1.82) is 0 Å². The molecule has 0 atom stereocenters. The van der Waals surface area contributed by atoms with Gasteiger partial charge in [-0.2, -0.15) is 8.42 Å². The molecule has 0 unspecified atom stereocenters. The average molecular weight is 266 g/mol. The molecule has 0 aliphatic carbocycles. The van der Waals surface area contributed by atoms with Gasteiger partial charge in [0.15, 0.2) is 0 Å². The molecule has 0 spiro atoms. The highest BCUT2D eigenvalue weighted by molar-refractivity contribution is 7.85. The summed E-state index contributed by atoms with van der Waals surface area (Å²) in [5, 5.41) is 0. The van der Waals surface area contributed by atoms with Crippen LogP contribution < -0.4 is 0 Å². The molecule has 0 heterocycles. The van der Waals surface area contributed by atoms with E-state index in [2.05, 4.69) is 0 Å². The second kappa shape index (κ2) is 6.36. The summed E-state index contributed by atoms with van der Waals surface area (Å²) in [5.74, 6) is -0.312. The smallest absolute Gasteiger partial charge is 0.285 e. The van der Waals surface area contributed by atoms with Crippen LogP contribution in [0, 0.1) is 6.92 Å². The van der Waals surface area contributed by atoms with E-state index in [9.17, 15) is 8.42 Å². The van der Waals surface area contributed by atoms with Crippen molar-refractivity contribution in [1.82, 2.24) is 0 Å². The van der Waals surface area contributed by atoms with E-state index < -0.39 is 20.7 Å². The Bertz CT molecular complexity index is 519. The largest absolute Gasteiger partial charge is 0.425 e. The van der Waals surface area contributed by atoms with Gasteiger partial charge in [0.1, 0.15) is 5.75 Å². The molecule has 0 amide bonds. The van der Waals surface area contributed by atoms with Gasteiger partial charge in [-0.05, 0) is 12.5 Å². The Kier molecular flexibility index (Phi) is 5.86. The summed E-state index contributed by atoms with van der Waals surface area (Å²) in [6.45, 7) is 1.91. The van der Waals surface area contributed by atoms with Crippen LogP contribution in [0.1, 0.15) is 11.1 Å². The second-order valence-corrected chi connectivity index (χ2v) is 4.78. The third-order valence-electron chi connectivity index (χ3n) is 1.47. The van der Waals surface area contributed by atoms with Gasteiger partial charge in [-0.15, -0.1) is 12.6 Å². The lowest BCUT2D eigenvalue weighted by atomic mass is 10.2. The van der Waals surface area contributed by atoms with Crippen molar-refractivity contribution in [2.45, 2.75) is 12.7 Å². The van der Waals surface area contributed by atoms with Crippen LogP contribution in [0.2, 0.25) is 0 Å². The first-order valence-corrected chi connectivity index (χ1v) is 6.59. The highest BCUT2D eigenvalue weighted by atomic mass is 32.2. The summed E-state index contributed by atoms with van der Waals surface area (Å²) in [7, 11) is -7.00. The molecule has 0 saturated heterocycles. The maximum atomic E-state index is 10.4. The molecule has 0 saturated carbocycles. The van der Waals surface area contributed by atoms with Gasteiger partial charge < -0.3 is 0 Å². The molecule has 6 nitrogen and oxygen atoms in total. The maximum absolute atomic E-state index is 10.4. The first-order chi connectivity index (χ1) is 7.20. The zero-order chi connectivity index (χ0) is 12.8. The van der Waals surface area contributed by atoms with E-state index in [4.69, 9.17) is 17.2 Å². The first kappa shape index (κ1) is 14.8. The lowest BCUT2D eigenvalue weighted by Gasteiger charge is -1.97. The van der Waals surface area contributed by atoms with Gasteiger partial charge >= 0.3 is 10.6 Å². The van der Waals surface area contributed by atoms with Gasteiger partial charge in [0.2, 0.25) is 0 Å². The molecule has 90 valence electrons. The van der Waals surface area contributed by atoms with Crippen molar-refractivity contribution < 1.29 is 25.6 Å². The predicted octanol–water partition coefficient (Wildman–Crippen LogP) is 0.379. The van der Waals surface area contributed by atoms with Crippen LogP contribution in [0.5, 0.6) is 0 Å². The summed E-state index contributed by atoms with van der Waals surface area (Å²) in [6.07, 6.45) is 0. The molecule has 8 heteroatoms. The molecule has 1 rings (SSSR count). The summed E-state index contributed by atoms with van der Waals surface area (Å²) in [5.41, 5.74) is 1.66. The van der Waals surface area contributed by atoms with Crippen LogP contribution >= 0.6 is 0 Å². The van der Waals surface area contributed by atoms with Gasteiger partial charge in [-0.3, -0.25) is 4.55 Å². The summed E-state index contributed by atoms with van der Waals surface area (Å²) in [4.78, 5) is 0. The fourth-order valence-corrected chi connectivity index (χ4v) is 1.51. The van der Waals surface area contributed by atoms with Gasteiger partial charge in [0, 0.05) is 0 Å². The zero-order valence-electron chi connectivity index (χ0n) is 8.32. The number of hydrogen-bond acceptors (Lipinski definition) is 5. The number of aryl methyl sites for hydroxylation is 1. The molecule has 0 bridgehead atoms. The van der Waals surface area contributed by atoms with Gasteiger partial charge in [-0.25, -0.2) is 0 Å². The van der Waals surface area contributed by atoms with Crippen LogP contribution in [0.4, 0.5) is 0 Å². The monoisotopic (exact) mass is 266 g/mol. The fraction of sp³-hybridized carbons (Fsp3) is 0.250. The van der Waals surface area contributed by atoms with E-state index in [1.54, 1.807) is 24.3 Å². The molecule has 0 aliphatic rings. The molecular formula is C8H10O6S2. The summed E-state index contributed by atoms with van der Waals surface area (Å²) >= 11 is 0. The quantitative estimate of drug-likeness (QED) is 0.776. The normalized spacial score (nSPS) is 10.1. The summed E-state index contributed by atoms with van der Waals surface area (Å²) < 4.78 is 54.7. The lowest BCUT2D eigenvalue weighted by Crippen LogP contribution is -2.01. The van der Waals surface area contributed by atoms with Crippen LogP contribution in [0.15, 0.2) is 24.3 Å². The molecule has 0 aromatic heterocycles. The lowest BCUT2D eigenvalue weighted by molar-refractivity contribution is 0.482. The van der Waals surface area contributed by atoms with Crippen molar-refractivity contribution >= 4 is 20.7 Å². The van der Waals surface area contributed by atoms with Crippen molar-refractivity contribution in [3.8, 4) is 0 Å². The van der Waals surface area contributed by atoms with Crippen molar-refractivity contribution in [2.75, 3.05) is 0 Å². The van der Waals surface area contributed by atoms with Gasteiger partial charge in [0.05, 0.1) is 0 Å². The summed E-state index contributed by atoms with van der Waals surface area (Å²) in [6, 6.07) is 6.98. The third kappa shape index (κ3) is 9.31. The number of hydrogen-bond donors (Lipinski definition) is 1. The van der Waals surface area contributed by atoms with E-state index in [0.717, 1.165) is 5.56 Å². The number of benzene rings is 1. The maximum Gasteiger partial charge on any atom is 0.425 e. The third-order valence-corrected chi connectivity index (χ3v) is 2.17. The van der Waals surface area contributed by atoms with E-state index in [0.29, 0.717) is 5.56 Å².